The van der Waals surface area contributed by atoms with E-state index in [1.165, 1.54) is 0 Å². The van der Waals surface area contributed by atoms with Gasteiger partial charge in [0, 0.05) is 6.07 Å². The summed E-state index contributed by atoms with van der Waals surface area (Å²) in [4.78, 5) is 12.6. The van der Waals surface area contributed by atoms with Gasteiger partial charge in [0.25, 0.3) is 5.91 Å². The van der Waals surface area contributed by atoms with E-state index in [-0.39, 0.29) is 17.6 Å². The molecular weight excluding hydrogens is 372 g/mol. The van der Waals surface area contributed by atoms with Crippen molar-refractivity contribution in [2.45, 2.75) is 19.9 Å². The van der Waals surface area contributed by atoms with Gasteiger partial charge in [-0.2, -0.15) is 0 Å². The molecule has 0 radical (unpaired) electrons. The van der Waals surface area contributed by atoms with Crippen molar-refractivity contribution >= 4 is 5.91 Å². The predicted molar refractivity (Wildman–Crippen MR) is 109 cm³/mol. The number of nitrogens with one attached hydrogen (secondary N) is 1. The SMILES string of the molecule is CCOc1ccc(C(C)NC(=O)c2cc(-c3cc(OC)ccc3OC)on2)cc1. The lowest BCUT2D eigenvalue weighted by Gasteiger charge is -2.14. The zero-order valence-electron chi connectivity index (χ0n) is 16.9. The van der Waals surface area contributed by atoms with Crippen LogP contribution in [0.15, 0.2) is 53.1 Å². The second kappa shape index (κ2) is 9.14. The second-order valence-corrected chi connectivity index (χ2v) is 6.34. The topological polar surface area (TPSA) is 82.8 Å². The number of carbonyl (C=O) groups excluding carboxylic acids is 1. The van der Waals surface area contributed by atoms with Crippen LogP contribution in [-0.4, -0.2) is 31.9 Å². The Morgan fingerprint density at radius 3 is 2.45 bits per heavy atom. The van der Waals surface area contributed by atoms with Crippen molar-refractivity contribution < 1.29 is 23.5 Å². The van der Waals surface area contributed by atoms with Gasteiger partial charge in [-0.15, -0.1) is 0 Å². The Morgan fingerprint density at radius 2 is 1.79 bits per heavy atom. The molecule has 0 saturated heterocycles. The normalized spacial score (nSPS) is 11.6. The quantitative estimate of drug-likeness (QED) is 0.613. The molecule has 0 saturated carbocycles. The molecule has 0 fully saturated rings. The number of carbonyl (C=O) groups is 1. The highest BCUT2D eigenvalue weighted by atomic mass is 16.5. The highest BCUT2D eigenvalue weighted by Crippen LogP contribution is 2.33. The minimum absolute atomic E-state index is 0.183. The third-order valence-electron chi connectivity index (χ3n) is 4.45. The standard InChI is InChI=1S/C22H24N2O5/c1-5-28-16-8-6-15(7-9-16)14(2)23-22(25)19-13-21(29-24-19)18-12-17(26-3)10-11-20(18)27-4/h6-14H,5H2,1-4H3,(H,23,25). The van der Waals surface area contributed by atoms with Crippen LogP contribution in [0.2, 0.25) is 0 Å². The summed E-state index contributed by atoms with van der Waals surface area (Å²) in [6.07, 6.45) is 0. The molecule has 7 heteroatoms. The molecule has 0 aliphatic heterocycles. The molecule has 0 aliphatic carbocycles. The zero-order valence-corrected chi connectivity index (χ0v) is 16.9. The smallest absolute Gasteiger partial charge is 0.273 e. The molecule has 29 heavy (non-hydrogen) atoms. The first-order chi connectivity index (χ1) is 14.0. The van der Waals surface area contributed by atoms with Gasteiger partial charge in [-0.25, -0.2) is 0 Å². The Labute approximate surface area is 169 Å². The first-order valence-electron chi connectivity index (χ1n) is 9.28. The summed E-state index contributed by atoms with van der Waals surface area (Å²) in [5.41, 5.74) is 1.79. The number of amides is 1. The molecular formula is C22H24N2O5. The van der Waals surface area contributed by atoms with E-state index in [2.05, 4.69) is 10.5 Å². The van der Waals surface area contributed by atoms with E-state index in [1.54, 1.807) is 38.5 Å². The fourth-order valence-electron chi connectivity index (χ4n) is 2.89. The van der Waals surface area contributed by atoms with Gasteiger partial charge in [0.15, 0.2) is 11.5 Å². The molecule has 152 valence electrons. The molecule has 1 atom stereocenters. The van der Waals surface area contributed by atoms with Crippen LogP contribution in [0.1, 0.15) is 35.9 Å². The Hall–Kier alpha value is -3.48. The Bertz CT molecular complexity index is 966. The average molecular weight is 396 g/mol. The van der Waals surface area contributed by atoms with Gasteiger partial charge in [-0.05, 0) is 49.7 Å². The summed E-state index contributed by atoms with van der Waals surface area (Å²) < 4.78 is 21.4. The largest absolute Gasteiger partial charge is 0.497 e. The number of hydrogen-bond acceptors (Lipinski definition) is 6. The number of nitrogens with zero attached hydrogens (tertiary/aromatic N) is 1. The van der Waals surface area contributed by atoms with Crippen molar-refractivity contribution in [1.29, 1.82) is 0 Å². The maximum atomic E-state index is 12.6. The van der Waals surface area contributed by atoms with Crippen molar-refractivity contribution in [2.24, 2.45) is 0 Å². The van der Waals surface area contributed by atoms with E-state index < -0.39 is 0 Å². The maximum absolute atomic E-state index is 12.6. The summed E-state index contributed by atoms with van der Waals surface area (Å²) >= 11 is 0. The number of ether oxygens (including phenoxy) is 3. The van der Waals surface area contributed by atoms with Crippen LogP contribution < -0.4 is 19.5 Å². The number of hydrogen-bond donors (Lipinski definition) is 1. The summed E-state index contributed by atoms with van der Waals surface area (Å²) in [5.74, 6) is 2.12. The number of benzene rings is 2. The molecule has 3 rings (SSSR count). The molecule has 1 aromatic heterocycles. The van der Waals surface area contributed by atoms with Crippen molar-refractivity contribution in [3.05, 3.63) is 59.8 Å². The van der Waals surface area contributed by atoms with Gasteiger partial charge in [0.1, 0.15) is 17.2 Å². The van der Waals surface area contributed by atoms with Gasteiger partial charge < -0.3 is 24.1 Å². The van der Waals surface area contributed by atoms with E-state index >= 15 is 0 Å². The molecule has 2 aromatic carbocycles. The monoisotopic (exact) mass is 396 g/mol. The first kappa shape index (κ1) is 20.3. The summed E-state index contributed by atoms with van der Waals surface area (Å²) in [7, 11) is 3.14. The van der Waals surface area contributed by atoms with E-state index in [0.717, 1.165) is 11.3 Å². The third kappa shape index (κ3) is 4.68. The lowest BCUT2D eigenvalue weighted by Crippen LogP contribution is -2.26. The highest BCUT2D eigenvalue weighted by molar-refractivity contribution is 5.93. The van der Waals surface area contributed by atoms with Crippen molar-refractivity contribution in [3.63, 3.8) is 0 Å². The number of aromatic nitrogens is 1. The Kier molecular flexibility index (Phi) is 6.39. The zero-order chi connectivity index (χ0) is 20.8. The van der Waals surface area contributed by atoms with Crippen LogP contribution >= 0.6 is 0 Å². The van der Waals surface area contributed by atoms with Gasteiger partial charge in [0.05, 0.1) is 32.4 Å². The van der Waals surface area contributed by atoms with Crippen LogP contribution in [0.3, 0.4) is 0 Å². The molecule has 0 aliphatic rings. The van der Waals surface area contributed by atoms with E-state index in [1.807, 2.05) is 38.1 Å². The van der Waals surface area contributed by atoms with Crippen molar-refractivity contribution in [2.75, 3.05) is 20.8 Å². The number of rotatable bonds is 8. The van der Waals surface area contributed by atoms with Crippen LogP contribution in [0.5, 0.6) is 17.2 Å². The van der Waals surface area contributed by atoms with Crippen molar-refractivity contribution in [3.8, 4) is 28.6 Å². The van der Waals surface area contributed by atoms with Gasteiger partial charge in [0.2, 0.25) is 0 Å². The van der Waals surface area contributed by atoms with E-state index in [0.29, 0.717) is 29.4 Å². The molecule has 3 aromatic rings. The fourth-order valence-corrected chi connectivity index (χ4v) is 2.89. The molecule has 1 N–H and O–H groups in total. The van der Waals surface area contributed by atoms with Gasteiger partial charge >= 0.3 is 0 Å². The minimum Gasteiger partial charge on any atom is -0.497 e. The predicted octanol–water partition coefficient (Wildman–Crippen LogP) is 4.25. The van der Waals surface area contributed by atoms with E-state index in [9.17, 15) is 4.79 Å². The third-order valence-corrected chi connectivity index (χ3v) is 4.45. The summed E-state index contributed by atoms with van der Waals surface area (Å²) in [5, 5.41) is 6.83. The fraction of sp³-hybridized carbons (Fsp3) is 0.273. The Balaban J connectivity index is 1.74. The molecule has 1 amide bonds. The highest BCUT2D eigenvalue weighted by Gasteiger charge is 2.19. The Morgan fingerprint density at radius 1 is 1.07 bits per heavy atom. The van der Waals surface area contributed by atoms with Crippen molar-refractivity contribution in [1.82, 2.24) is 10.5 Å². The summed E-state index contributed by atoms with van der Waals surface area (Å²) in [6, 6.07) is 14.3. The average Bonchev–Trinajstić information content (AvgIpc) is 3.24. The molecule has 0 bridgehead atoms. The molecule has 7 nitrogen and oxygen atoms in total. The van der Waals surface area contributed by atoms with E-state index in [4.69, 9.17) is 18.7 Å². The maximum Gasteiger partial charge on any atom is 0.273 e. The second-order valence-electron chi connectivity index (χ2n) is 6.34. The lowest BCUT2D eigenvalue weighted by atomic mass is 10.1. The van der Waals surface area contributed by atoms with Crippen LogP contribution in [-0.2, 0) is 0 Å². The molecule has 1 heterocycles. The van der Waals surface area contributed by atoms with Crippen LogP contribution in [0, 0.1) is 0 Å². The molecule has 0 spiro atoms. The van der Waals surface area contributed by atoms with Gasteiger partial charge in [-0.1, -0.05) is 17.3 Å². The molecule has 1 unspecified atom stereocenters. The summed E-state index contributed by atoms with van der Waals surface area (Å²) in [6.45, 7) is 4.45. The van der Waals surface area contributed by atoms with Crippen LogP contribution in [0.4, 0.5) is 0 Å². The van der Waals surface area contributed by atoms with Crippen LogP contribution in [0.25, 0.3) is 11.3 Å². The van der Waals surface area contributed by atoms with Gasteiger partial charge in [-0.3, -0.25) is 4.79 Å². The number of methoxy groups -OCH3 is 2. The first-order valence-corrected chi connectivity index (χ1v) is 9.28. The lowest BCUT2D eigenvalue weighted by molar-refractivity contribution is 0.0931. The minimum atomic E-state index is -0.330.